The normalized spacial score (nSPS) is 10.2. The molecule has 2 aromatic carbocycles. The molecule has 0 heterocycles. The van der Waals surface area contributed by atoms with Gasteiger partial charge in [0.05, 0.1) is 10.0 Å². The van der Waals surface area contributed by atoms with Crippen LogP contribution in [0, 0.1) is 0 Å². The van der Waals surface area contributed by atoms with Crippen molar-refractivity contribution < 1.29 is 4.74 Å². The van der Waals surface area contributed by atoms with Crippen molar-refractivity contribution in [2.75, 3.05) is 12.4 Å². The number of hydrogen-bond donors (Lipinski definition) is 1. The Morgan fingerprint density at radius 2 is 1.72 bits per heavy atom. The molecule has 0 amide bonds. The first-order chi connectivity index (χ1) is 8.69. The summed E-state index contributed by atoms with van der Waals surface area (Å²) in [6, 6.07) is 13.2. The van der Waals surface area contributed by atoms with Gasteiger partial charge in [0.2, 0.25) is 0 Å². The molecule has 0 aliphatic carbocycles. The smallest absolute Gasteiger partial charge is 0.119 e. The summed E-state index contributed by atoms with van der Waals surface area (Å²) in [7, 11) is 1.88. The predicted octanol–water partition coefficient (Wildman–Crippen LogP) is 4.61. The summed E-state index contributed by atoms with van der Waals surface area (Å²) in [5, 5.41) is 4.15. The zero-order valence-electron chi connectivity index (χ0n) is 9.91. The Hall–Kier alpha value is -1.38. The number of benzene rings is 2. The summed E-state index contributed by atoms with van der Waals surface area (Å²) in [6.07, 6.45) is 0. The van der Waals surface area contributed by atoms with E-state index in [-0.39, 0.29) is 0 Å². The lowest BCUT2D eigenvalue weighted by Crippen LogP contribution is -1.95. The van der Waals surface area contributed by atoms with Gasteiger partial charge in [0.25, 0.3) is 0 Å². The van der Waals surface area contributed by atoms with Crippen LogP contribution in [0.15, 0.2) is 42.5 Å². The van der Waals surface area contributed by atoms with Crippen molar-refractivity contribution in [2.45, 2.75) is 6.61 Å². The summed E-state index contributed by atoms with van der Waals surface area (Å²) in [6.45, 7) is 0.468. The molecule has 0 saturated carbocycles. The minimum absolute atomic E-state index is 0.468. The van der Waals surface area contributed by atoms with Crippen LogP contribution in [-0.2, 0) is 6.61 Å². The Labute approximate surface area is 116 Å². The minimum Gasteiger partial charge on any atom is -0.489 e. The number of hydrogen-bond acceptors (Lipinski definition) is 2. The highest BCUT2D eigenvalue weighted by molar-refractivity contribution is 6.42. The van der Waals surface area contributed by atoms with Gasteiger partial charge in [0.1, 0.15) is 12.4 Å². The van der Waals surface area contributed by atoms with Gasteiger partial charge in [-0.05, 0) is 42.0 Å². The summed E-state index contributed by atoms with van der Waals surface area (Å²) in [4.78, 5) is 0. The van der Waals surface area contributed by atoms with E-state index in [1.165, 1.54) is 0 Å². The highest BCUT2D eigenvalue weighted by atomic mass is 35.5. The maximum atomic E-state index is 5.94. The topological polar surface area (TPSA) is 21.3 Å². The lowest BCUT2D eigenvalue weighted by atomic mass is 10.2. The van der Waals surface area contributed by atoms with Crippen LogP contribution < -0.4 is 10.1 Å². The molecule has 1 N–H and O–H groups in total. The monoisotopic (exact) mass is 281 g/mol. The summed E-state index contributed by atoms with van der Waals surface area (Å²) in [5.41, 5.74) is 2.04. The second-order valence-electron chi connectivity index (χ2n) is 3.81. The van der Waals surface area contributed by atoms with Crippen molar-refractivity contribution >= 4 is 28.9 Å². The molecule has 2 nitrogen and oxygen atoms in total. The molecule has 0 fully saturated rings. The third kappa shape index (κ3) is 3.31. The van der Waals surface area contributed by atoms with E-state index in [1.807, 2.05) is 43.4 Å². The van der Waals surface area contributed by atoms with Crippen LogP contribution in [0.3, 0.4) is 0 Å². The third-order valence-electron chi connectivity index (χ3n) is 2.53. The fraction of sp³-hybridized carbons (Fsp3) is 0.143. The van der Waals surface area contributed by atoms with Crippen LogP contribution >= 0.6 is 23.2 Å². The molecule has 0 radical (unpaired) electrons. The Kier molecular flexibility index (Phi) is 4.34. The average molecular weight is 282 g/mol. The highest BCUT2D eigenvalue weighted by Gasteiger charge is 2.00. The molecule has 0 atom stereocenters. The van der Waals surface area contributed by atoms with Crippen molar-refractivity contribution in [1.29, 1.82) is 0 Å². The van der Waals surface area contributed by atoms with Crippen molar-refractivity contribution in [3.8, 4) is 5.75 Å². The second-order valence-corrected chi connectivity index (χ2v) is 4.63. The standard InChI is InChI=1S/C14H13Cl2NO/c1-17-11-3-5-12(6-4-11)18-9-10-2-7-13(15)14(16)8-10/h2-8,17H,9H2,1H3. The van der Waals surface area contributed by atoms with Crippen molar-refractivity contribution in [3.05, 3.63) is 58.1 Å². The van der Waals surface area contributed by atoms with Crippen LogP contribution in [0.25, 0.3) is 0 Å². The van der Waals surface area contributed by atoms with Crippen LogP contribution in [0.4, 0.5) is 5.69 Å². The average Bonchev–Trinajstić information content (AvgIpc) is 2.41. The minimum atomic E-state index is 0.468. The highest BCUT2D eigenvalue weighted by Crippen LogP contribution is 2.23. The number of ether oxygens (including phenoxy) is 1. The summed E-state index contributed by atoms with van der Waals surface area (Å²) in [5.74, 6) is 0.820. The zero-order chi connectivity index (χ0) is 13.0. The Morgan fingerprint density at radius 1 is 1.00 bits per heavy atom. The lowest BCUT2D eigenvalue weighted by Gasteiger charge is -2.08. The van der Waals surface area contributed by atoms with E-state index in [0.717, 1.165) is 17.0 Å². The molecule has 4 heteroatoms. The predicted molar refractivity (Wildman–Crippen MR) is 76.8 cm³/mol. The fourth-order valence-electron chi connectivity index (χ4n) is 1.51. The first kappa shape index (κ1) is 13.1. The van der Waals surface area contributed by atoms with Gasteiger partial charge in [-0.3, -0.25) is 0 Å². The number of nitrogens with one attached hydrogen (secondary N) is 1. The van der Waals surface area contributed by atoms with Crippen LogP contribution in [0.5, 0.6) is 5.75 Å². The molecule has 0 unspecified atom stereocenters. The van der Waals surface area contributed by atoms with Gasteiger partial charge in [-0.15, -0.1) is 0 Å². The Bertz CT molecular complexity index is 526. The van der Waals surface area contributed by atoms with E-state index in [9.17, 15) is 0 Å². The van der Waals surface area contributed by atoms with E-state index in [4.69, 9.17) is 27.9 Å². The third-order valence-corrected chi connectivity index (χ3v) is 3.27. The van der Waals surface area contributed by atoms with Crippen LogP contribution in [0.1, 0.15) is 5.56 Å². The first-order valence-electron chi connectivity index (χ1n) is 5.53. The number of halogens is 2. The maximum Gasteiger partial charge on any atom is 0.119 e. The van der Waals surface area contributed by atoms with Gasteiger partial charge in [0.15, 0.2) is 0 Å². The molecule has 18 heavy (non-hydrogen) atoms. The first-order valence-corrected chi connectivity index (χ1v) is 6.29. The van der Waals surface area contributed by atoms with Gasteiger partial charge in [-0.2, -0.15) is 0 Å². The van der Waals surface area contributed by atoms with Gasteiger partial charge in [0, 0.05) is 12.7 Å². The van der Waals surface area contributed by atoms with E-state index < -0.39 is 0 Å². The van der Waals surface area contributed by atoms with Crippen molar-refractivity contribution in [1.82, 2.24) is 0 Å². The molecule has 2 aromatic rings. The Balaban J connectivity index is 1.99. The fourth-order valence-corrected chi connectivity index (χ4v) is 1.83. The van der Waals surface area contributed by atoms with Gasteiger partial charge in [-0.25, -0.2) is 0 Å². The Morgan fingerprint density at radius 3 is 2.33 bits per heavy atom. The van der Waals surface area contributed by atoms with Crippen LogP contribution in [-0.4, -0.2) is 7.05 Å². The largest absolute Gasteiger partial charge is 0.489 e. The molecule has 0 aromatic heterocycles. The maximum absolute atomic E-state index is 5.94. The molecular weight excluding hydrogens is 269 g/mol. The molecule has 0 aliphatic heterocycles. The SMILES string of the molecule is CNc1ccc(OCc2ccc(Cl)c(Cl)c2)cc1. The molecule has 0 saturated heterocycles. The van der Waals surface area contributed by atoms with Crippen LogP contribution in [0.2, 0.25) is 10.0 Å². The van der Waals surface area contributed by atoms with E-state index >= 15 is 0 Å². The van der Waals surface area contributed by atoms with Gasteiger partial charge in [-0.1, -0.05) is 29.3 Å². The molecule has 0 bridgehead atoms. The number of rotatable bonds is 4. The quantitative estimate of drug-likeness (QED) is 0.883. The lowest BCUT2D eigenvalue weighted by molar-refractivity contribution is 0.306. The van der Waals surface area contributed by atoms with E-state index in [1.54, 1.807) is 6.07 Å². The second kappa shape index (κ2) is 5.98. The summed E-state index contributed by atoms with van der Waals surface area (Å²) >= 11 is 11.8. The van der Waals surface area contributed by atoms with Gasteiger partial charge < -0.3 is 10.1 Å². The molecular formula is C14H13Cl2NO. The summed E-state index contributed by atoms with van der Waals surface area (Å²) < 4.78 is 5.66. The van der Waals surface area contributed by atoms with E-state index in [0.29, 0.717) is 16.7 Å². The molecule has 94 valence electrons. The molecule has 0 aliphatic rings. The van der Waals surface area contributed by atoms with Gasteiger partial charge >= 0.3 is 0 Å². The number of anilines is 1. The van der Waals surface area contributed by atoms with Crippen molar-refractivity contribution in [2.24, 2.45) is 0 Å². The van der Waals surface area contributed by atoms with Crippen molar-refractivity contribution in [3.63, 3.8) is 0 Å². The molecule has 2 rings (SSSR count). The van der Waals surface area contributed by atoms with E-state index in [2.05, 4.69) is 5.32 Å². The molecule has 0 spiro atoms. The zero-order valence-corrected chi connectivity index (χ0v) is 11.4.